The number of anilines is 1. The Morgan fingerprint density at radius 3 is 2.82 bits per heavy atom. The molecule has 1 aromatic heterocycles. The molecule has 0 radical (unpaired) electrons. The van der Waals surface area contributed by atoms with E-state index in [2.05, 4.69) is 10.3 Å². The number of carbonyl (C=O) groups is 1. The molecule has 0 aliphatic rings. The molecule has 8 nitrogen and oxygen atoms in total. The van der Waals surface area contributed by atoms with Crippen LogP contribution in [0.15, 0.2) is 30.5 Å². The number of Topliss-reactive ketones (excluding diaryl/α,β-unsaturated/α-hetero) is 1. The number of imidazole rings is 1. The minimum Gasteiger partial charge on any atom is -0.495 e. The Morgan fingerprint density at radius 2 is 2.18 bits per heavy atom. The Morgan fingerprint density at radius 1 is 1.45 bits per heavy atom. The number of hydrogen-bond donors (Lipinski definition) is 1. The summed E-state index contributed by atoms with van der Waals surface area (Å²) in [7, 11) is 1.55. The summed E-state index contributed by atoms with van der Waals surface area (Å²) in [6.07, 6.45) is 1.26. The van der Waals surface area contributed by atoms with Gasteiger partial charge in [-0.2, -0.15) is 0 Å². The van der Waals surface area contributed by atoms with E-state index in [4.69, 9.17) is 4.74 Å². The number of aryl methyl sites for hydroxylation is 1. The number of nitro groups is 1. The summed E-state index contributed by atoms with van der Waals surface area (Å²) >= 11 is 0. The molecular weight excluding hydrogens is 288 g/mol. The van der Waals surface area contributed by atoms with Crippen LogP contribution in [-0.2, 0) is 11.3 Å². The number of nitrogens with zero attached hydrogens (tertiary/aromatic N) is 3. The maximum atomic E-state index is 12.0. The fourth-order valence-electron chi connectivity index (χ4n) is 1.97. The summed E-state index contributed by atoms with van der Waals surface area (Å²) in [4.78, 5) is 25.8. The van der Waals surface area contributed by atoms with E-state index in [-0.39, 0.29) is 24.7 Å². The second-order valence-electron chi connectivity index (χ2n) is 4.62. The summed E-state index contributed by atoms with van der Waals surface area (Å²) in [5.74, 6) is 0.686. The van der Waals surface area contributed by atoms with Crippen LogP contribution in [0.5, 0.6) is 5.75 Å². The summed E-state index contributed by atoms with van der Waals surface area (Å²) in [5, 5.41) is 13.6. The zero-order chi connectivity index (χ0) is 16.1. The first-order chi connectivity index (χ1) is 10.5. The molecule has 1 N–H and O–H groups in total. The van der Waals surface area contributed by atoms with Crippen LogP contribution in [-0.4, -0.2) is 33.9 Å². The van der Waals surface area contributed by atoms with Crippen molar-refractivity contribution in [1.29, 1.82) is 0 Å². The summed E-state index contributed by atoms with van der Waals surface area (Å²) < 4.78 is 6.64. The predicted octanol–water partition coefficient (Wildman–Crippen LogP) is 1.79. The van der Waals surface area contributed by atoms with Crippen LogP contribution in [0.25, 0.3) is 0 Å². The zero-order valence-corrected chi connectivity index (χ0v) is 12.3. The molecule has 8 heteroatoms. The first-order valence-corrected chi connectivity index (χ1v) is 6.58. The highest BCUT2D eigenvalue weighted by Crippen LogP contribution is 2.22. The average Bonchev–Trinajstić information content (AvgIpc) is 2.87. The normalized spacial score (nSPS) is 10.3. The van der Waals surface area contributed by atoms with Gasteiger partial charge in [0.05, 0.1) is 25.9 Å². The van der Waals surface area contributed by atoms with Crippen molar-refractivity contribution in [3.8, 4) is 5.75 Å². The monoisotopic (exact) mass is 304 g/mol. The highest BCUT2D eigenvalue weighted by molar-refractivity contribution is 5.83. The Balaban J connectivity index is 1.97. The fourth-order valence-corrected chi connectivity index (χ4v) is 1.97. The molecule has 2 aromatic rings. The quantitative estimate of drug-likeness (QED) is 0.618. The number of rotatable bonds is 7. The van der Waals surface area contributed by atoms with Crippen LogP contribution in [0.3, 0.4) is 0 Å². The topological polar surface area (TPSA) is 99.3 Å². The molecule has 2 rings (SSSR count). The number of ketones is 1. The first kappa shape index (κ1) is 15.5. The van der Waals surface area contributed by atoms with Gasteiger partial charge in [0, 0.05) is 6.92 Å². The number of ether oxygens (including phenoxy) is 1. The SMILES string of the molecule is COc1ccccc1NCC(=O)Cn1cc([N+](=O)[O-])nc1C. The maximum absolute atomic E-state index is 12.0. The molecule has 22 heavy (non-hydrogen) atoms. The number of benzene rings is 1. The number of hydrogen-bond acceptors (Lipinski definition) is 6. The first-order valence-electron chi connectivity index (χ1n) is 6.58. The number of para-hydroxylation sites is 2. The Bertz CT molecular complexity index is 696. The molecule has 1 aromatic carbocycles. The van der Waals surface area contributed by atoms with Crippen molar-refractivity contribution < 1.29 is 14.5 Å². The lowest BCUT2D eigenvalue weighted by molar-refractivity contribution is -0.389. The smallest absolute Gasteiger partial charge is 0.381 e. The van der Waals surface area contributed by atoms with Gasteiger partial charge in [-0.25, -0.2) is 0 Å². The molecule has 0 aliphatic heterocycles. The number of aromatic nitrogens is 2. The minimum absolute atomic E-state index is 0.0226. The third-order valence-electron chi connectivity index (χ3n) is 3.08. The van der Waals surface area contributed by atoms with E-state index >= 15 is 0 Å². The minimum atomic E-state index is -0.582. The second-order valence-corrected chi connectivity index (χ2v) is 4.62. The van der Waals surface area contributed by atoms with E-state index in [0.29, 0.717) is 17.3 Å². The third kappa shape index (κ3) is 3.60. The van der Waals surface area contributed by atoms with Gasteiger partial charge in [0.2, 0.25) is 5.82 Å². The van der Waals surface area contributed by atoms with E-state index in [1.165, 1.54) is 10.8 Å². The lowest BCUT2D eigenvalue weighted by Crippen LogP contribution is -2.20. The summed E-state index contributed by atoms with van der Waals surface area (Å²) in [5.41, 5.74) is 0.715. The molecule has 0 saturated carbocycles. The Labute approximate surface area is 126 Å². The van der Waals surface area contributed by atoms with E-state index in [1.807, 2.05) is 12.1 Å². The average molecular weight is 304 g/mol. The van der Waals surface area contributed by atoms with Gasteiger partial charge in [0.15, 0.2) is 5.78 Å². The lowest BCUT2D eigenvalue weighted by atomic mass is 10.2. The molecule has 0 fully saturated rings. The lowest BCUT2D eigenvalue weighted by Gasteiger charge is -2.10. The van der Waals surface area contributed by atoms with Gasteiger partial charge in [0.25, 0.3) is 0 Å². The highest BCUT2D eigenvalue weighted by Gasteiger charge is 2.16. The number of methoxy groups -OCH3 is 1. The molecule has 0 atom stereocenters. The largest absolute Gasteiger partial charge is 0.495 e. The Hall–Kier alpha value is -2.90. The highest BCUT2D eigenvalue weighted by atomic mass is 16.6. The van der Waals surface area contributed by atoms with E-state index < -0.39 is 4.92 Å². The van der Waals surface area contributed by atoms with Crippen LogP contribution < -0.4 is 10.1 Å². The standard InChI is InChI=1S/C14H16N4O4/c1-10-16-14(18(20)21)9-17(10)8-11(19)7-15-12-5-3-4-6-13(12)22-2/h3-6,9,15H,7-8H2,1-2H3. The van der Waals surface area contributed by atoms with Crippen LogP contribution >= 0.6 is 0 Å². The fraction of sp³-hybridized carbons (Fsp3) is 0.286. The van der Waals surface area contributed by atoms with Crippen molar-refractivity contribution >= 4 is 17.3 Å². The van der Waals surface area contributed by atoms with Gasteiger partial charge < -0.3 is 24.7 Å². The number of carbonyl (C=O) groups excluding carboxylic acids is 1. The zero-order valence-electron chi connectivity index (χ0n) is 12.3. The van der Waals surface area contributed by atoms with E-state index in [1.54, 1.807) is 26.2 Å². The van der Waals surface area contributed by atoms with Crippen molar-refractivity contribution in [1.82, 2.24) is 9.55 Å². The molecule has 0 amide bonds. The van der Waals surface area contributed by atoms with Gasteiger partial charge in [0.1, 0.15) is 11.9 Å². The second kappa shape index (κ2) is 6.70. The van der Waals surface area contributed by atoms with Crippen LogP contribution in [0.4, 0.5) is 11.5 Å². The molecule has 116 valence electrons. The molecule has 1 heterocycles. The molecule has 0 saturated heterocycles. The van der Waals surface area contributed by atoms with Crippen LogP contribution in [0, 0.1) is 17.0 Å². The molecule has 0 bridgehead atoms. The van der Waals surface area contributed by atoms with Crippen molar-refractivity contribution in [2.75, 3.05) is 19.0 Å². The molecule has 0 spiro atoms. The predicted molar refractivity (Wildman–Crippen MR) is 80.1 cm³/mol. The molecule has 0 unspecified atom stereocenters. The molecule has 0 aliphatic carbocycles. The van der Waals surface area contributed by atoms with Gasteiger partial charge in [-0.1, -0.05) is 12.1 Å². The van der Waals surface area contributed by atoms with E-state index in [9.17, 15) is 14.9 Å². The van der Waals surface area contributed by atoms with Gasteiger partial charge >= 0.3 is 5.82 Å². The van der Waals surface area contributed by atoms with Crippen LogP contribution in [0.1, 0.15) is 5.82 Å². The Kier molecular flexibility index (Phi) is 4.72. The van der Waals surface area contributed by atoms with Gasteiger partial charge in [-0.15, -0.1) is 0 Å². The van der Waals surface area contributed by atoms with Crippen molar-refractivity contribution in [2.45, 2.75) is 13.5 Å². The van der Waals surface area contributed by atoms with Crippen molar-refractivity contribution in [3.05, 3.63) is 46.4 Å². The third-order valence-corrected chi connectivity index (χ3v) is 3.08. The summed E-state index contributed by atoms with van der Waals surface area (Å²) in [6.45, 7) is 1.73. The van der Waals surface area contributed by atoms with Gasteiger partial charge in [-0.05, 0) is 22.0 Å². The van der Waals surface area contributed by atoms with Crippen molar-refractivity contribution in [3.63, 3.8) is 0 Å². The van der Waals surface area contributed by atoms with Crippen LogP contribution in [0.2, 0.25) is 0 Å². The summed E-state index contributed by atoms with van der Waals surface area (Å²) in [6, 6.07) is 7.26. The van der Waals surface area contributed by atoms with Gasteiger partial charge in [-0.3, -0.25) is 4.79 Å². The van der Waals surface area contributed by atoms with E-state index in [0.717, 1.165) is 0 Å². The number of nitrogens with one attached hydrogen (secondary N) is 1. The van der Waals surface area contributed by atoms with Crippen molar-refractivity contribution in [2.24, 2.45) is 0 Å². The maximum Gasteiger partial charge on any atom is 0.381 e. The molecular formula is C14H16N4O4.